The third-order valence-corrected chi connectivity index (χ3v) is 3.44. The molecule has 0 amide bonds. The molecule has 1 aromatic heterocycles. The molecule has 0 N–H and O–H groups in total. The van der Waals surface area contributed by atoms with Crippen molar-refractivity contribution in [3.8, 4) is 11.5 Å². The molecule has 4 heteroatoms. The number of methoxy groups -OCH3 is 1. The Morgan fingerprint density at radius 1 is 1.09 bits per heavy atom. The Morgan fingerprint density at radius 2 is 1.82 bits per heavy atom. The van der Waals surface area contributed by atoms with Crippen LogP contribution in [0.3, 0.4) is 0 Å². The van der Waals surface area contributed by atoms with E-state index < -0.39 is 0 Å². The minimum Gasteiger partial charge on any atom is -0.497 e. The molecule has 0 fully saturated rings. The van der Waals surface area contributed by atoms with Crippen molar-refractivity contribution < 1.29 is 18.7 Å². The van der Waals surface area contributed by atoms with Crippen LogP contribution in [0, 0.1) is 6.92 Å². The fourth-order valence-corrected chi connectivity index (χ4v) is 2.29. The summed E-state index contributed by atoms with van der Waals surface area (Å²) >= 11 is 0. The van der Waals surface area contributed by atoms with Crippen LogP contribution < -0.4 is 9.47 Å². The molecular formula is C18H16O4. The molecule has 3 aromatic rings. The van der Waals surface area contributed by atoms with Crippen molar-refractivity contribution in [2.45, 2.75) is 13.3 Å². The molecule has 0 aliphatic rings. The van der Waals surface area contributed by atoms with Crippen molar-refractivity contribution in [2.75, 3.05) is 7.11 Å². The number of esters is 1. The molecule has 3 rings (SSSR count). The van der Waals surface area contributed by atoms with Crippen molar-refractivity contribution in [3.63, 3.8) is 0 Å². The van der Waals surface area contributed by atoms with Crippen LogP contribution in [-0.4, -0.2) is 13.1 Å². The first-order chi connectivity index (χ1) is 10.7. The van der Waals surface area contributed by atoms with Crippen LogP contribution in [0.5, 0.6) is 11.5 Å². The summed E-state index contributed by atoms with van der Waals surface area (Å²) in [6, 6.07) is 12.8. The molecule has 0 bridgehead atoms. The van der Waals surface area contributed by atoms with Gasteiger partial charge in [-0.15, -0.1) is 0 Å². The number of aryl methyl sites for hydroxylation is 1. The third kappa shape index (κ3) is 2.96. The van der Waals surface area contributed by atoms with Gasteiger partial charge in [0.1, 0.15) is 17.1 Å². The SMILES string of the molecule is COc1ccc(OC(=O)Cc2coc3cc(C)ccc23)cc1. The van der Waals surface area contributed by atoms with Gasteiger partial charge in [-0.3, -0.25) is 4.79 Å². The zero-order valence-corrected chi connectivity index (χ0v) is 12.5. The van der Waals surface area contributed by atoms with E-state index in [0.29, 0.717) is 5.75 Å². The Labute approximate surface area is 128 Å². The van der Waals surface area contributed by atoms with Crippen LogP contribution >= 0.6 is 0 Å². The Balaban J connectivity index is 1.72. The van der Waals surface area contributed by atoms with Crippen molar-refractivity contribution in [3.05, 3.63) is 59.9 Å². The second-order valence-corrected chi connectivity index (χ2v) is 5.09. The maximum atomic E-state index is 12.0. The molecule has 0 aliphatic heterocycles. The van der Waals surface area contributed by atoms with Gasteiger partial charge in [0.15, 0.2) is 0 Å². The summed E-state index contributed by atoms with van der Waals surface area (Å²) in [6.45, 7) is 2.00. The largest absolute Gasteiger partial charge is 0.497 e. The molecule has 0 saturated carbocycles. The van der Waals surface area contributed by atoms with Crippen molar-refractivity contribution >= 4 is 16.9 Å². The zero-order valence-electron chi connectivity index (χ0n) is 12.5. The van der Waals surface area contributed by atoms with E-state index in [1.807, 2.05) is 25.1 Å². The van der Waals surface area contributed by atoms with E-state index in [9.17, 15) is 4.79 Å². The van der Waals surface area contributed by atoms with Gasteiger partial charge in [-0.05, 0) is 42.8 Å². The fraction of sp³-hybridized carbons (Fsp3) is 0.167. The predicted octanol–water partition coefficient (Wildman–Crippen LogP) is 3.90. The number of ether oxygens (including phenoxy) is 2. The standard InChI is InChI=1S/C18H16O4/c1-12-3-8-16-13(11-21-17(16)9-12)10-18(19)22-15-6-4-14(20-2)5-7-15/h3-9,11H,10H2,1-2H3. The van der Waals surface area contributed by atoms with Gasteiger partial charge in [-0.1, -0.05) is 12.1 Å². The van der Waals surface area contributed by atoms with Crippen LogP contribution in [0.25, 0.3) is 11.0 Å². The molecule has 0 radical (unpaired) electrons. The molecule has 112 valence electrons. The monoisotopic (exact) mass is 296 g/mol. The van der Waals surface area contributed by atoms with Gasteiger partial charge in [0, 0.05) is 10.9 Å². The summed E-state index contributed by atoms with van der Waals surface area (Å²) in [5.41, 5.74) is 2.73. The number of fused-ring (bicyclic) bond motifs is 1. The first kappa shape index (κ1) is 14.2. The highest BCUT2D eigenvalue weighted by molar-refractivity contribution is 5.86. The van der Waals surface area contributed by atoms with Gasteiger partial charge < -0.3 is 13.9 Å². The Morgan fingerprint density at radius 3 is 2.55 bits per heavy atom. The first-order valence-corrected chi connectivity index (χ1v) is 6.97. The van der Waals surface area contributed by atoms with E-state index in [2.05, 4.69) is 0 Å². The molecular weight excluding hydrogens is 280 g/mol. The topological polar surface area (TPSA) is 48.7 Å². The van der Waals surface area contributed by atoms with Gasteiger partial charge in [0.05, 0.1) is 19.8 Å². The summed E-state index contributed by atoms with van der Waals surface area (Å²) < 4.78 is 15.9. The maximum Gasteiger partial charge on any atom is 0.315 e. The lowest BCUT2D eigenvalue weighted by Gasteiger charge is -2.05. The average Bonchev–Trinajstić information content (AvgIpc) is 2.90. The molecule has 22 heavy (non-hydrogen) atoms. The summed E-state index contributed by atoms with van der Waals surface area (Å²) in [6.07, 6.45) is 1.78. The average molecular weight is 296 g/mol. The van der Waals surface area contributed by atoms with E-state index in [4.69, 9.17) is 13.9 Å². The fourth-order valence-electron chi connectivity index (χ4n) is 2.29. The minimum atomic E-state index is -0.326. The van der Waals surface area contributed by atoms with Crippen LogP contribution in [0.1, 0.15) is 11.1 Å². The highest BCUT2D eigenvalue weighted by atomic mass is 16.5. The van der Waals surface area contributed by atoms with Gasteiger partial charge in [-0.25, -0.2) is 0 Å². The first-order valence-electron chi connectivity index (χ1n) is 6.97. The summed E-state index contributed by atoms with van der Waals surface area (Å²) in [7, 11) is 1.59. The number of benzene rings is 2. The number of carbonyl (C=O) groups excluding carboxylic acids is 1. The number of hydrogen-bond acceptors (Lipinski definition) is 4. The number of carbonyl (C=O) groups is 1. The number of hydrogen-bond donors (Lipinski definition) is 0. The Hall–Kier alpha value is -2.75. The van der Waals surface area contributed by atoms with Gasteiger partial charge in [0.2, 0.25) is 0 Å². The summed E-state index contributed by atoms with van der Waals surface area (Å²) in [4.78, 5) is 12.0. The second kappa shape index (κ2) is 5.93. The predicted molar refractivity (Wildman–Crippen MR) is 83.3 cm³/mol. The van der Waals surface area contributed by atoms with Crippen LogP contribution in [0.15, 0.2) is 53.1 Å². The maximum absolute atomic E-state index is 12.0. The van der Waals surface area contributed by atoms with E-state index in [0.717, 1.165) is 27.8 Å². The lowest BCUT2D eigenvalue weighted by molar-refractivity contribution is -0.133. The smallest absolute Gasteiger partial charge is 0.315 e. The third-order valence-electron chi connectivity index (χ3n) is 3.44. The Bertz CT molecular complexity index is 800. The summed E-state index contributed by atoms with van der Waals surface area (Å²) in [5, 5.41) is 0.942. The molecule has 4 nitrogen and oxygen atoms in total. The van der Waals surface area contributed by atoms with Crippen LogP contribution in [-0.2, 0) is 11.2 Å². The van der Waals surface area contributed by atoms with E-state index in [1.54, 1.807) is 37.6 Å². The van der Waals surface area contributed by atoms with E-state index in [1.165, 1.54) is 0 Å². The molecule has 0 aliphatic carbocycles. The van der Waals surface area contributed by atoms with Gasteiger partial charge in [0.25, 0.3) is 0 Å². The lowest BCUT2D eigenvalue weighted by atomic mass is 10.1. The zero-order chi connectivity index (χ0) is 15.5. The quantitative estimate of drug-likeness (QED) is 0.541. The number of furan rings is 1. The molecule has 0 atom stereocenters. The molecule has 1 heterocycles. The highest BCUT2D eigenvalue weighted by Gasteiger charge is 2.12. The summed E-state index contributed by atoms with van der Waals surface area (Å²) in [5.74, 6) is 0.888. The highest BCUT2D eigenvalue weighted by Crippen LogP contribution is 2.23. The molecule has 0 spiro atoms. The van der Waals surface area contributed by atoms with Gasteiger partial charge in [-0.2, -0.15) is 0 Å². The normalized spacial score (nSPS) is 10.6. The van der Waals surface area contributed by atoms with Crippen molar-refractivity contribution in [2.24, 2.45) is 0 Å². The second-order valence-electron chi connectivity index (χ2n) is 5.09. The Kier molecular flexibility index (Phi) is 3.83. The van der Waals surface area contributed by atoms with Crippen LogP contribution in [0.2, 0.25) is 0 Å². The van der Waals surface area contributed by atoms with E-state index >= 15 is 0 Å². The van der Waals surface area contributed by atoms with Crippen LogP contribution in [0.4, 0.5) is 0 Å². The molecule has 0 unspecified atom stereocenters. The molecule has 0 saturated heterocycles. The number of rotatable bonds is 4. The van der Waals surface area contributed by atoms with E-state index in [-0.39, 0.29) is 12.4 Å². The molecule has 2 aromatic carbocycles. The lowest BCUT2D eigenvalue weighted by Crippen LogP contribution is -2.10. The van der Waals surface area contributed by atoms with Crippen molar-refractivity contribution in [1.82, 2.24) is 0 Å². The van der Waals surface area contributed by atoms with Crippen molar-refractivity contribution in [1.29, 1.82) is 0 Å². The minimum absolute atomic E-state index is 0.169. The van der Waals surface area contributed by atoms with Gasteiger partial charge >= 0.3 is 5.97 Å².